The van der Waals surface area contributed by atoms with Gasteiger partial charge in [0.05, 0.1) is 30.1 Å². The number of aliphatic hydroxyl groups excluding tert-OH is 1. The smallest absolute Gasteiger partial charge is 0.375 e. The van der Waals surface area contributed by atoms with Crippen molar-refractivity contribution >= 4 is 34.6 Å². The van der Waals surface area contributed by atoms with Crippen molar-refractivity contribution in [3.05, 3.63) is 48.0 Å². The minimum atomic E-state index is -2.37. The largest absolute Gasteiger partial charge is 0.457 e. The first kappa shape index (κ1) is 35.0. The lowest BCUT2D eigenvalue weighted by Crippen LogP contribution is -2.70. The summed E-state index contributed by atoms with van der Waals surface area (Å²) in [5.41, 5.74) is -8.42. The minimum absolute atomic E-state index is 0.0103. The minimum Gasteiger partial charge on any atom is -0.457 e. The van der Waals surface area contributed by atoms with E-state index in [1.165, 1.54) is 51.3 Å². The predicted octanol–water partition coefficient (Wildman–Crippen LogP) is 4.71. The standard InChI is InChI=1S/C35H40F2O9S/c1-20-15-22-23-17-25(36)24-16-21(38)10-11-32(24,4)34(23,37)27(39)18-33(22,5)35(20,46-29(41)26-9-8-13-44-26)30(42)47-14-7-6-12-45-28(40)19-31(2,3)43/h8-11,13,16,20,22-23,25,27,39,43H,12,14-15,17-19H2,1-5H3/t20-,22+,23+,25+,27+,32+,33+,34+,35+/m1/s1. The molecular formula is C35H40F2O9S. The van der Waals surface area contributed by atoms with Crippen LogP contribution in [0.25, 0.3) is 0 Å². The summed E-state index contributed by atoms with van der Waals surface area (Å²) in [6.07, 6.45) is 0.970. The number of esters is 2. The van der Waals surface area contributed by atoms with E-state index in [-0.39, 0.29) is 49.4 Å². The molecule has 254 valence electrons. The lowest BCUT2D eigenvalue weighted by atomic mass is 9.44. The van der Waals surface area contributed by atoms with Crippen molar-refractivity contribution in [2.45, 2.75) is 89.4 Å². The molecule has 12 heteroatoms. The van der Waals surface area contributed by atoms with Crippen LogP contribution in [0.5, 0.6) is 0 Å². The zero-order valence-corrected chi connectivity index (χ0v) is 27.8. The Balaban J connectivity index is 1.46. The van der Waals surface area contributed by atoms with Crippen LogP contribution < -0.4 is 0 Å². The Morgan fingerprint density at radius 1 is 1.19 bits per heavy atom. The van der Waals surface area contributed by atoms with Crippen molar-refractivity contribution in [1.29, 1.82) is 0 Å². The van der Waals surface area contributed by atoms with Crippen LogP contribution in [0, 0.1) is 40.4 Å². The van der Waals surface area contributed by atoms with E-state index >= 15 is 8.78 Å². The first-order chi connectivity index (χ1) is 21.9. The summed E-state index contributed by atoms with van der Waals surface area (Å²) in [5.74, 6) is 0.759. The molecule has 47 heavy (non-hydrogen) atoms. The Hall–Kier alpha value is -3.27. The maximum Gasteiger partial charge on any atom is 0.375 e. The highest BCUT2D eigenvalue weighted by atomic mass is 32.2. The second-order valence-electron chi connectivity index (χ2n) is 14.2. The average molecular weight is 675 g/mol. The molecule has 0 bridgehead atoms. The lowest BCUT2D eigenvalue weighted by molar-refractivity contribution is -0.221. The summed E-state index contributed by atoms with van der Waals surface area (Å²) < 4.78 is 50.0. The Kier molecular flexibility index (Phi) is 9.18. The average Bonchev–Trinajstić information content (AvgIpc) is 3.59. The van der Waals surface area contributed by atoms with Crippen LogP contribution in [0.1, 0.15) is 70.9 Å². The molecular weight excluding hydrogens is 634 g/mol. The molecule has 4 aliphatic carbocycles. The van der Waals surface area contributed by atoms with E-state index in [2.05, 4.69) is 11.8 Å². The number of ether oxygens (including phenoxy) is 2. The summed E-state index contributed by atoms with van der Waals surface area (Å²) >= 11 is 0.778. The molecule has 0 spiro atoms. The second-order valence-corrected chi connectivity index (χ2v) is 15.1. The molecule has 3 saturated carbocycles. The van der Waals surface area contributed by atoms with E-state index in [0.29, 0.717) is 0 Å². The zero-order valence-electron chi connectivity index (χ0n) is 27.0. The summed E-state index contributed by atoms with van der Waals surface area (Å²) in [7, 11) is 0. The Morgan fingerprint density at radius 2 is 1.91 bits per heavy atom. The Morgan fingerprint density at radius 3 is 2.57 bits per heavy atom. The van der Waals surface area contributed by atoms with Gasteiger partial charge >= 0.3 is 11.9 Å². The molecule has 1 heterocycles. The van der Waals surface area contributed by atoms with Gasteiger partial charge in [0.2, 0.25) is 10.9 Å². The number of hydrogen-bond donors (Lipinski definition) is 2. The number of ketones is 1. The highest BCUT2D eigenvalue weighted by molar-refractivity contribution is 8.14. The van der Waals surface area contributed by atoms with E-state index in [9.17, 15) is 29.4 Å². The van der Waals surface area contributed by atoms with Crippen LogP contribution in [0.15, 0.2) is 46.6 Å². The third-order valence-corrected chi connectivity index (χ3v) is 11.6. The number of aliphatic hydroxyl groups is 2. The molecule has 0 amide bonds. The first-order valence-electron chi connectivity index (χ1n) is 15.6. The number of allylic oxidation sites excluding steroid dienone is 4. The SMILES string of the molecule is C[C@@H]1C[C@H]2[C@@H]3C[C@H](F)C4=CC(=O)C=C[C@]4(C)[C@@]3(F)[C@@H](O)C[C@]2(C)[C@@]1(OC(=O)c1ccco1)C(=O)SCC#CCOC(=O)CC(C)(C)O. The molecule has 1 aromatic heterocycles. The molecule has 0 aliphatic heterocycles. The van der Waals surface area contributed by atoms with Crippen molar-refractivity contribution in [2.24, 2.45) is 28.6 Å². The molecule has 5 rings (SSSR count). The van der Waals surface area contributed by atoms with E-state index in [4.69, 9.17) is 13.9 Å². The van der Waals surface area contributed by atoms with E-state index < -0.39 is 80.6 Å². The van der Waals surface area contributed by atoms with Gasteiger partial charge in [0, 0.05) is 22.7 Å². The van der Waals surface area contributed by atoms with Gasteiger partial charge in [0.25, 0.3) is 0 Å². The van der Waals surface area contributed by atoms with Crippen molar-refractivity contribution in [3.63, 3.8) is 0 Å². The van der Waals surface area contributed by atoms with Gasteiger partial charge in [-0.15, -0.1) is 0 Å². The Labute approximate surface area is 276 Å². The number of carbonyl (C=O) groups excluding carboxylic acids is 4. The highest BCUT2D eigenvalue weighted by Crippen LogP contribution is 2.72. The number of fused-ring (bicyclic) bond motifs is 5. The fraction of sp³-hybridized carbons (Fsp3) is 0.600. The van der Waals surface area contributed by atoms with Crippen LogP contribution in [-0.2, 0) is 23.9 Å². The van der Waals surface area contributed by atoms with Crippen molar-refractivity contribution in [3.8, 4) is 11.8 Å². The molecule has 0 radical (unpaired) electrons. The maximum absolute atomic E-state index is 17.7. The van der Waals surface area contributed by atoms with Gasteiger partial charge in [-0.3, -0.25) is 14.4 Å². The molecule has 9 atom stereocenters. The quantitative estimate of drug-likeness (QED) is 0.309. The van der Waals surface area contributed by atoms with Gasteiger partial charge < -0.3 is 24.1 Å². The lowest BCUT2D eigenvalue weighted by Gasteiger charge is -2.63. The molecule has 4 aliphatic rings. The fourth-order valence-corrected chi connectivity index (χ4v) is 9.64. The van der Waals surface area contributed by atoms with Crippen LogP contribution in [-0.4, -0.2) is 74.6 Å². The molecule has 0 saturated heterocycles. The number of halogens is 2. The second kappa shape index (κ2) is 12.3. The van der Waals surface area contributed by atoms with Gasteiger partial charge in [-0.2, -0.15) is 0 Å². The van der Waals surface area contributed by atoms with Crippen molar-refractivity contribution < 1.29 is 52.1 Å². The van der Waals surface area contributed by atoms with E-state index in [1.807, 2.05) is 0 Å². The summed E-state index contributed by atoms with van der Waals surface area (Å²) in [6.45, 7) is 7.59. The van der Waals surface area contributed by atoms with Crippen LogP contribution in [0.4, 0.5) is 8.78 Å². The van der Waals surface area contributed by atoms with Crippen molar-refractivity contribution in [1.82, 2.24) is 0 Å². The number of alkyl halides is 2. The van der Waals surface area contributed by atoms with Gasteiger partial charge in [-0.25, -0.2) is 13.6 Å². The molecule has 0 unspecified atom stereocenters. The van der Waals surface area contributed by atoms with Crippen molar-refractivity contribution in [2.75, 3.05) is 12.4 Å². The van der Waals surface area contributed by atoms with Crippen LogP contribution in [0.3, 0.4) is 0 Å². The number of hydrogen-bond acceptors (Lipinski definition) is 10. The van der Waals surface area contributed by atoms with Gasteiger partial charge in [0.1, 0.15) is 6.17 Å². The summed E-state index contributed by atoms with van der Waals surface area (Å²) in [6, 6.07) is 2.88. The van der Waals surface area contributed by atoms with Gasteiger partial charge in [0.15, 0.2) is 23.7 Å². The molecule has 0 aromatic carbocycles. The summed E-state index contributed by atoms with van der Waals surface area (Å²) in [4.78, 5) is 51.8. The molecule has 1 aromatic rings. The first-order valence-corrected chi connectivity index (χ1v) is 16.6. The third kappa shape index (κ3) is 5.68. The third-order valence-electron chi connectivity index (χ3n) is 10.7. The molecule has 9 nitrogen and oxygen atoms in total. The summed E-state index contributed by atoms with van der Waals surface area (Å²) in [5, 5.41) is 20.9. The Bertz CT molecular complexity index is 1570. The number of rotatable bonds is 7. The number of thioether (sulfide) groups is 1. The number of carbonyl (C=O) groups is 4. The fourth-order valence-electron chi connectivity index (χ4n) is 8.64. The number of furan rings is 1. The van der Waals surface area contributed by atoms with Crippen LogP contribution in [0.2, 0.25) is 0 Å². The highest BCUT2D eigenvalue weighted by Gasteiger charge is 2.78. The van der Waals surface area contributed by atoms with Gasteiger partial charge in [-0.1, -0.05) is 43.5 Å². The normalized spacial score (nSPS) is 37.4. The zero-order chi connectivity index (χ0) is 34.6. The molecule has 2 N–H and O–H groups in total. The van der Waals surface area contributed by atoms with Gasteiger partial charge in [-0.05, 0) is 75.8 Å². The topological polar surface area (TPSA) is 140 Å². The maximum atomic E-state index is 17.7. The van der Waals surface area contributed by atoms with E-state index in [1.54, 1.807) is 13.8 Å². The predicted molar refractivity (Wildman–Crippen MR) is 167 cm³/mol. The molecule has 3 fully saturated rings. The monoisotopic (exact) mass is 674 g/mol. The van der Waals surface area contributed by atoms with E-state index in [0.717, 1.165) is 17.8 Å². The van der Waals surface area contributed by atoms with Crippen LogP contribution >= 0.6 is 11.8 Å².